The number of hydrogen-bond acceptors (Lipinski definition) is 4. The van der Waals surface area contributed by atoms with Crippen molar-refractivity contribution in [1.82, 2.24) is 4.90 Å². The molecule has 1 aromatic carbocycles. The molecule has 1 aromatic rings. The second-order valence-corrected chi connectivity index (χ2v) is 5.12. The van der Waals surface area contributed by atoms with Gasteiger partial charge in [-0.3, -0.25) is 4.79 Å². The van der Waals surface area contributed by atoms with Gasteiger partial charge in [0, 0.05) is 19.5 Å². The van der Waals surface area contributed by atoms with Crippen molar-refractivity contribution in [2.24, 2.45) is 16.8 Å². The number of hydrogen-bond donors (Lipinski definition) is 2. The van der Waals surface area contributed by atoms with Gasteiger partial charge in [0.25, 0.3) is 0 Å². The molecule has 1 atom stereocenters. The fourth-order valence-corrected chi connectivity index (χ4v) is 1.86. The lowest BCUT2D eigenvalue weighted by molar-refractivity contribution is -0.130. The largest absolute Gasteiger partial charge is 0.493 e. The van der Waals surface area contributed by atoms with E-state index in [1.165, 1.54) is 0 Å². The molecule has 0 aliphatic heterocycles. The highest BCUT2D eigenvalue weighted by molar-refractivity contribution is 5.83. The number of aryl methyl sites for hydroxylation is 1. The molecule has 0 aliphatic carbocycles. The van der Waals surface area contributed by atoms with Crippen molar-refractivity contribution >= 4 is 11.7 Å². The Hall–Kier alpha value is -2.24. The number of amides is 1. The van der Waals surface area contributed by atoms with Crippen molar-refractivity contribution in [3.05, 3.63) is 29.8 Å². The number of oxime groups is 1. The Morgan fingerprint density at radius 1 is 1.52 bits per heavy atom. The molecule has 0 fully saturated rings. The molecule has 21 heavy (non-hydrogen) atoms. The molecule has 6 nitrogen and oxygen atoms in total. The zero-order valence-electron chi connectivity index (χ0n) is 12.7. The summed E-state index contributed by atoms with van der Waals surface area (Å²) in [5, 5.41) is 11.5. The number of amidine groups is 1. The van der Waals surface area contributed by atoms with Gasteiger partial charge in [0.1, 0.15) is 11.6 Å². The minimum Gasteiger partial charge on any atom is -0.493 e. The second kappa shape index (κ2) is 8.14. The zero-order chi connectivity index (χ0) is 15.8. The maximum absolute atomic E-state index is 11.9. The molecule has 3 N–H and O–H groups in total. The first-order valence-corrected chi connectivity index (χ1v) is 6.85. The first kappa shape index (κ1) is 16.8. The smallest absolute Gasteiger partial charge is 0.225 e. The quantitative estimate of drug-likeness (QED) is 0.346. The predicted octanol–water partition coefficient (Wildman–Crippen LogP) is 1.60. The minimum absolute atomic E-state index is 0.0414. The normalized spacial score (nSPS) is 12.8. The summed E-state index contributed by atoms with van der Waals surface area (Å²) in [5.74, 6) is 0.642. The lowest BCUT2D eigenvalue weighted by atomic mass is 10.1. The van der Waals surface area contributed by atoms with E-state index in [2.05, 4.69) is 5.16 Å². The highest BCUT2D eigenvalue weighted by Crippen LogP contribution is 2.12. The van der Waals surface area contributed by atoms with E-state index >= 15 is 0 Å². The molecule has 6 heteroatoms. The van der Waals surface area contributed by atoms with Gasteiger partial charge in [0.2, 0.25) is 5.91 Å². The molecular formula is C15H23N3O3. The third-order valence-electron chi connectivity index (χ3n) is 3.17. The van der Waals surface area contributed by atoms with Crippen LogP contribution in [0.2, 0.25) is 0 Å². The molecular weight excluding hydrogens is 270 g/mol. The molecule has 0 heterocycles. The van der Waals surface area contributed by atoms with E-state index in [0.29, 0.717) is 13.2 Å². The van der Waals surface area contributed by atoms with Crippen LogP contribution in [-0.4, -0.2) is 42.0 Å². The van der Waals surface area contributed by atoms with Gasteiger partial charge in [0.15, 0.2) is 0 Å². The van der Waals surface area contributed by atoms with Crippen molar-refractivity contribution in [2.45, 2.75) is 20.3 Å². The average Bonchev–Trinajstić information content (AvgIpc) is 2.46. The van der Waals surface area contributed by atoms with Gasteiger partial charge in [-0.1, -0.05) is 24.2 Å². The van der Waals surface area contributed by atoms with Crippen LogP contribution in [-0.2, 0) is 4.79 Å². The zero-order valence-corrected chi connectivity index (χ0v) is 12.7. The lowest BCUT2D eigenvalue weighted by Crippen LogP contribution is -2.36. The number of rotatable bonds is 7. The highest BCUT2D eigenvalue weighted by Gasteiger charge is 2.15. The lowest BCUT2D eigenvalue weighted by Gasteiger charge is -2.21. The molecule has 0 saturated carbocycles. The number of nitrogens with two attached hydrogens (primary N) is 1. The van der Waals surface area contributed by atoms with Gasteiger partial charge >= 0.3 is 0 Å². The van der Waals surface area contributed by atoms with E-state index in [9.17, 15) is 4.79 Å². The number of benzene rings is 1. The summed E-state index contributed by atoms with van der Waals surface area (Å²) in [6.07, 6.45) is 0.285. The van der Waals surface area contributed by atoms with Gasteiger partial charge in [-0.25, -0.2) is 0 Å². The Labute approximate surface area is 125 Å². The van der Waals surface area contributed by atoms with Crippen LogP contribution in [0.25, 0.3) is 0 Å². The molecule has 1 rings (SSSR count). The standard InChI is InChI=1S/C15H23N3O3/c1-11-5-4-6-13(9-11)21-8-7-14(19)18(3)10-12(2)15(16)17-20/h4-6,9,12,20H,7-8,10H2,1-3H3,(H2,16,17). The topological polar surface area (TPSA) is 88.2 Å². The molecule has 116 valence electrons. The molecule has 0 spiro atoms. The summed E-state index contributed by atoms with van der Waals surface area (Å²) in [6, 6.07) is 7.69. The Kier molecular flexibility index (Phi) is 6.52. The predicted molar refractivity (Wildman–Crippen MR) is 81.5 cm³/mol. The van der Waals surface area contributed by atoms with Crippen molar-refractivity contribution in [1.29, 1.82) is 0 Å². The highest BCUT2D eigenvalue weighted by atomic mass is 16.5. The molecule has 0 radical (unpaired) electrons. The Bertz CT molecular complexity index is 503. The molecule has 0 bridgehead atoms. The van der Waals surface area contributed by atoms with Gasteiger partial charge in [-0.2, -0.15) is 0 Å². The summed E-state index contributed by atoms with van der Waals surface area (Å²) >= 11 is 0. The second-order valence-electron chi connectivity index (χ2n) is 5.12. The van der Waals surface area contributed by atoms with Crippen LogP contribution >= 0.6 is 0 Å². The fraction of sp³-hybridized carbons (Fsp3) is 0.467. The first-order chi connectivity index (χ1) is 9.93. The van der Waals surface area contributed by atoms with Gasteiger partial charge in [0.05, 0.1) is 13.0 Å². The number of carbonyl (C=O) groups is 1. The molecule has 0 aliphatic rings. The third kappa shape index (κ3) is 5.72. The van der Waals surface area contributed by atoms with Crippen LogP contribution in [0.5, 0.6) is 5.75 Å². The van der Waals surface area contributed by atoms with E-state index in [1.807, 2.05) is 31.2 Å². The Morgan fingerprint density at radius 3 is 2.86 bits per heavy atom. The molecule has 0 aromatic heterocycles. The van der Waals surface area contributed by atoms with E-state index in [1.54, 1.807) is 18.9 Å². The van der Waals surface area contributed by atoms with Crippen molar-refractivity contribution in [2.75, 3.05) is 20.2 Å². The van der Waals surface area contributed by atoms with E-state index < -0.39 is 0 Å². The fourth-order valence-electron chi connectivity index (χ4n) is 1.86. The van der Waals surface area contributed by atoms with E-state index in [4.69, 9.17) is 15.7 Å². The van der Waals surface area contributed by atoms with Crippen molar-refractivity contribution in [3.63, 3.8) is 0 Å². The van der Waals surface area contributed by atoms with Crippen LogP contribution in [0, 0.1) is 12.8 Å². The van der Waals surface area contributed by atoms with E-state index in [0.717, 1.165) is 11.3 Å². The molecule has 1 amide bonds. The minimum atomic E-state index is -0.193. The summed E-state index contributed by atoms with van der Waals surface area (Å²) < 4.78 is 5.55. The number of ether oxygens (including phenoxy) is 1. The van der Waals surface area contributed by atoms with Crippen LogP contribution in [0.3, 0.4) is 0 Å². The maximum Gasteiger partial charge on any atom is 0.225 e. The summed E-state index contributed by atoms with van der Waals surface area (Å²) in [5.41, 5.74) is 6.61. The van der Waals surface area contributed by atoms with Crippen molar-refractivity contribution < 1.29 is 14.7 Å². The van der Waals surface area contributed by atoms with Gasteiger partial charge in [-0.15, -0.1) is 0 Å². The van der Waals surface area contributed by atoms with Crippen molar-refractivity contribution in [3.8, 4) is 5.75 Å². The molecule has 1 unspecified atom stereocenters. The monoisotopic (exact) mass is 293 g/mol. The number of nitrogens with zero attached hydrogens (tertiary/aromatic N) is 2. The third-order valence-corrected chi connectivity index (χ3v) is 3.17. The van der Waals surface area contributed by atoms with Gasteiger partial charge in [-0.05, 0) is 24.6 Å². The van der Waals surface area contributed by atoms with Crippen LogP contribution in [0.1, 0.15) is 18.9 Å². The van der Waals surface area contributed by atoms with Crippen LogP contribution in [0.15, 0.2) is 29.4 Å². The summed E-state index contributed by atoms with van der Waals surface area (Å²) in [7, 11) is 1.69. The SMILES string of the molecule is Cc1cccc(OCCC(=O)N(C)CC(C)C(N)=NO)c1. The molecule has 0 saturated heterocycles. The Balaban J connectivity index is 2.36. The van der Waals surface area contributed by atoms with Crippen LogP contribution in [0.4, 0.5) is 0 Å². The van der Waals surface area contributed by atoms with Crippen LogP contribution < -0.4 is 10.5 Å². The number of carbonyl (C=O) groups excluding carboxylic acids is 1. The summed E-state index contributed by atoms with van der Waals surface area (Å²) in [6.45, 7) is 4.51. The Morgan fingerprint density at radius 2 is 2.24 bits per heavy atom. The maximum atomic E-state index is 11.9. The summed E-state index contributed by atoms with van der Waals surface area (Å²) in [4.78, 5) is 13.5. The van der Waals surface area contributed by atoms with E-state index in [-0.39, 0.29) is 24.1 Å². The first-order valence-electron chi connectivity index (χ1n) is 6.85. The van der Waals surface area contributed by atoms with Gasteiger partial charge < -0.3 is 20.6 Å². The average molecular weight is 293 g/mol.